The maximum atomic E-state index is 3.78. The summed E-state index contributed by atoms with van der Waals surface area (Å²) in [4.78, 5) is 11.2. The number of aromatic nitrogens is 3. The molecule has 0 radical (unpaired) electrons. The summed E-state index contributed by atoms with van der Waals surface area (Å²) in [6.45, 7) is 39.0. The third-order valence-corrected chi connectivity index (χ3v) is 4.29. The highest BCUT2D eigenvalue weighted by Crippen LogP contribution is 2.20. The first kappa shape index (κ1) is 54.7. The van der Waals surface area contributed by atoms with Crippen molar-refractivity contribution in [1.29, 1.82) is 0 Å². The Morgan fingerprint density at radius 1 is 0.308 bits per heavy atom. The van der Waals surface area contributed by atoms with Crippen molar-refractivity contribution < 1.29 is 0 Å². The molecule has 3 heteroatoms. The van der Waals surface area contributed by atoms with Crippen LogP contribution in [0.3, 0.4) is 0 Å². The third kappa shape index (κ3) is 71.8. The highest BCUT2D eigenvalue weighted by atomic mass is 14.7. The molecule has 0 fully saturated rings. The fraction of sp³-hybridized carbons (Fsp3) is 0.449. The molecule has 0 aliphatic heterocycles. The Balaban J connectivity index is -0.000000254. The predicted molar refractivity (Wildman–Crippen MR) is 236 cm³/mol. The Bertz CT molecular complexity index is 1110. The molecule has 0 aliphatic carbocycles. The number of nitrogens with zero attached hydrogens (tertiary/aromatic N) is 3. The van der Waals surface area contributed by atoms with Crippen LogP contribution in [0, 0.1) is 23.2 Å². The van der Waals surface area contributed by atoms with E-state index in [1.165, 1.54) is 11.1 Å². The first-order chi connectivity index (χ1) is 24.0. The SMILES string of the molecule is CC.CC(C)(C)C.CC(C)(C)C.CC(C)(C)C.CC(C)(C)c1ccccc1.Cc1ccccc1.c1ccccc1.c1ccncc1.c1cnccn1. The monoisotopic (exact) mass is 710 g/mol. The molecule has 2 aromatic heterocycles. The molecular weight excluding hydrogens is 631 g/mol. The van der Waals surface area contributed by atoms with Crippen LogP contribution in [0.25, 0.3) is 0 Å². The van der Waals surface area contributed by atoms with Gasteiger partial charge in [-0.1, -0.05) is 226 Å². The molecule has 5 aromatic rings. The van der Waals surface area contributed by atoms with Crippen molar-refractivity contribution >= 4 is 0 Å². The fourth-order valence-electron chi connectivity index (χ4n) is 2.42. The lowest BCUT2D eigenvalue weighted by molar-refractivity contribution is 0.469. The van der Waals surface area contributed by atoms with Crippen LogP contribution in [-0.4, -0.2) is 15.0 Å². The molecule has 0 aliphatic rings. The van der Waals surface area contributed by atoms with Gasteiger partial charge in [-0.25, -0.2) is 0 Å². The van der Waals surface area contributed by atoms with E-state index in [1.54, 1.807) is 37.2 Å². The number of aryl methyl sites for hydroxylation is 1. The van der Waals surface area contributed by atoms with Gasteiger partial charge in [0.15, 0.2) is 0 Å². The van der Waals surface area contributed by atoms with Crippen LogP contribution >= 0.6 is 0 Å². The first-order valence-corrected chi connectivity index (χ1v) is 18.6. The summed E-state index contributed by atoms with van der Waals surface area (Å²) < 4.78 is 0. The van der Waals surface area contributed by atoms with Crippen molar-refractivity contribution in [2.75, 3.05) is 0 Å². The average Bonchev–Trinajstić information content (AvgIpc) is 3.07. The lowest BCUT2D eigenvalue weighted by atomic mass is 9.87. The van der Waals surface area contributed by atoms with E-state index in [0.29, 0.717) is 21.7 Å². The fourth-order valence-corrected chi connectivity index (χ4v) is 2.42. The molecule has 2 heterocycles. The average molecular weight is 710 g/mol. The number of benzene rings is 3. The summed E-state index contributed by atoms with van der Waals surface area (Å²) in [5.41, 5.74) is 4.51. The van der Waals surface area contributed by atoms with Gasteiger partial charge in [0.2, 0.25) is 0 Å². The second-order valence-corrected chi connectivity index (χ2v) is 17.3. The molecule has 0 spiro atoms. The molecule has 5 rings (SSSR count). The van der Waals surface area contributed by atoms with E-state index in [4.69, 9.17) is 0 Å². The summed E-state index contributed by atoms with van der Waals surface area (Å²) in [5, 5.41) is 0. The largest absolute Gasteiger partial charge is 0.265 e. The van der Waals surface area contributed by atoms with Crippen molar-refractivity contribution in [1.82, 2.24) is 15.0 Å². The molecule has 0 atom stereocenters. The smallest absolute Gasteiger partial charge is 0.0451 e. The van der Waals surface area contributed by atoms with Crippen molar-refractivity contribution in [3.63, 3.8) is 0 Å². The van der Waals surface area contributed by atoms with E-state index >= 15 is 0 Å². The van der Waals surface area contributed by atoms with Crippen molar-refractivity contribution in [2.45, 2.75) is 130 Å². The molecule has 0 unspecified atom stereocenters. The molecule has 290 valence electrons. The quantitative estimate of drug-likeness (QED) is 0.161. The van der Waals surface area contributed by atoms with Crippen LogP contribution in [0.4, 0.5) is 0 Å². The van der Waals surface area contributed by atoms with Gasteiger partial charge in [0.05, 0.1) is 0 Å². The second-order valence-electron chi connectivity index (χ2n) is 17.3. The van der Waals surface area contributed by atoms with Gasteiger partial charge >= 0.3 is 0 Å². The maximum Gasteiger partial charge on any atom is 0.0451 e. The summed E-state index contributed by atoms with van der Waals surface area (Å²) in [6, 6.07) is 38.5. The van der Waals surface area contributed by atoms with Gasteiger partial charge in [0.1, 0.15) is 0 Å². The summed E-state index contributed by atoms with van der Waals surface area (Å²) in [6.07, 6.45) is 10.1. The highest BCUT2D eigenvalue weighted by Gasteiger charge is 2.11. The van der Waals surface area contributed by atoms with Crippen LogP contribution in [0.1, 0.15) is 129 Å². The minimum absolute atomic E-state index is 0.293. The third-order valence-electron chi connectivity index (χ3n) is 4.29. The topological polar surface area (TPSA) is 38.7 Å². The van der Waals surface area contributed by atoms with Gasteiger partial charge in [-0.3, -0.25) is 15.0 Å². The lowest BCUT2D eigenvalue weighted by Gasteiger charge is -2.18. The van der Waals surface area contributed by atoms with Crippen LogP contribution in [0.15, 0.2) is 152 Å². The van der Waals surface area contributed by atoms with E-state index in [2.05, 4.69) is 168 Å². The number of hydrogen-bond acceptors (Lipinski definition) is 3. The minimum Gasteiger partial charge on any atom is -0.265 e. The number of rotatable bonds is 0. The maximum absolute atomic E-state index is 3.78. The van der Waals surface area contributed by atoms with E-state index < -0.39 is 0 Å². The van der Waals surface area contributed by atoms with Gasteiger partial charge in [-0.15, -0.1) is 0 Å². The van der Waals surface area contributed by atoms with Gasteiger partial charge in [-0.05, 0) is 46.3 Å². The van der Waals surface area contributed by atoms with Crippen LogP contribution < -0.4 is 0 Å². The zero-order valence-corrected chi connectivity index (χ0v) is 36.8. The van der Waals surface area contributed by atoms with Crippen molar-refractivity contribution in [3.05, 3.63) is 164 Å². The van der Waals surface area contributed by atoms with Gasteiger partial charge in [0, 0.05) is 37.2 Å². The summed E-state index contributed by atoms with van der Waals surface area (Å²) in [7, 11) is 0. The minimum atomic E-state index is 0.293. The van der Waals surface area contributed by atoms with Crippen LogP contribution in [-0.2, 0) is 5.41 Å². The van der Waals surface area contributed by atoms with Crippen LogP contribution in [0.2, 0.25) is 0 Å². The Kier molecular flexibility index (Phi) is 35.7. The van der Waals surface area contributed by atoms with Gasteiger partial charge < -0.3 is 0 Å². The molecule has 0 N–H and O–H groups in total. The van der Waals surface area contributed by atoms with E-state index in [0.717, 1.165) is 0 Å². The first-order valence-electron chi connectivity index (χ1n) is 18.6. The van der Waals surface area contributed by atoms with E-state index in [-0.39, 0.29) is 0 Å². The zero-order valence-electron chi connectivity index (χ0n) is 36.8. The van der Waals surface area contributed by atoms with Crippen molar-refractivity contribution in [3.8, 4) is 0 Å². The highest BCUT2D eigenvalue weighted by molar-refractivity contribution is 5.22. The molecule has 3 nitrogen and oxygen atoms in total. The summed E-state index contributed by atoms with van der Waals surface area (Å²) >= 11 is 0. The Morgan fingerprint density at radius 3 is 0.654 bits per heavy atom. The molecule has 0 bridgehead atoms. The van der Waals surface area contributed by atoms with Crippen LogP contribution in [0.5, 0.6) is 0 Å². The molecule has 3 aromatic carbocycles. The number of pyridine rings is 1. The standard InChI is InChI=1S/C10H14.C7H8.C6H6.C5H5N.3C5H12.C4H4N2.C2H6/c1-10(2,3)9-7-5-4-6-8-9;1-7-5-3-2-4-6-7;2*1-2-4-6-5-3-1;3*1-5(2,3)4;1-2-6-4-3-5-1;1-2/h4-8H,1-3H3;2-6H,1H3;1-6H;1-5H;3*1-4H3;1-4H;1-2H3. The molecule has 52 heavy (non-hydrogen) atoms. The molecule has 0 saturated heterocycles. The van der Waals surface area contributed by atoms with E-state index in [9.17, 15) is 0 Å². The van der Waals surface area contributed by atoms with Gasteiger partial charge in [0.25, 0.3) is 0 Å². The molecular formula is C49H79N3. The zero-order chi connectivity index (χ0) is 41.0. The predicted octanol–water partition coefficient (Wildman–Crippen LogP) is 15.4. The molecule has 0 amide bonds. The number of hydrogen-bond donors (Lipinski definition) is 0. The Labute approximate surface area is 323 Å². The second kappa shape index (κ2) is 34.0. The Hall–Kier alpha value is -4.11. The molecule has 0 saturated carbocycles. The normalized spacial score (nSPS) is 9.73. The lowest BCUT2D eigenvalue weighted by Crippen LogP contribution is -2.10. The van der Waals surface area contributed by atoms with Gasteiger partial charge in [-0.2, -0.15) is 0 Å². The Morgan fingerprint density at radius 2 is 0.519 bits per heavy atom. The summed E-state index contributed by atoms with van der Waals surface area (Å²) in [5.74, 6) is 0. The van der Waals surface area contributed by atoms with Crippen molar-refractivity contribution in [2.24, 2.45) is 16.2 Å². The van der Waals surface area contributed by atoms with E-state index in [1.807, 2.05) is 86.6 Å².